The molecule has 7 heteroatoms. The van der Waals surface area contributed by atoms with Crippen LogP contribution in [0.3, 0.4) is 0 Å². The van der Waals surface area contributed by atoms with Crippen LogP contribution in [0.4, 0.5) is 4.39 Å². The van der Waals surface area contributed by atoms with E-state index >= 15 is 0 Å². The van der Waals surface area contributed by atoms with Crippen molar-refractivity contribution >= 4 is 16.0 Å². The number of esters is 1. The van der Waals surface area contributed by atoms with Gasteiger partial charge < -0.3 is 4.74 Å². The summed E-state index contributed by atoms with van der Waals surface area (Å²) in [4.78, 5) is 11.3. The molecule has 0 fully saturated rings. The second kappa shape index (κ2) is 5.95. The molecule has 21 heavy (non-hydrogen) atoms. The van der Waals surface area contributed by atoms with Crippen LogP contribution < -0.4 is 0 Å². The van der Waals surface area contributed by atoms with Crippen LogP contribution in [-0.4, -0.2) is 38.9 Å². The van der Waals surface area contributed by atoms with E-state index in [2.05, 4.69) is 4.74 Å². The summed E-state index contributed by atoms with van der Waals surface area (Å²) >= 11 is 0. The number of benzene rings is 1. The summed E-state index contributed by atoms with van der Waals surface area (Å²) in [7, 11) is -2.80. The maximum absolute atomic E-state index is 13.4. The Bertz CT molecular complexity index is 697. The fraction of sp³-hybridized carbons (Fsp3) is 0.357. The SMILES string of the molecule is COC(=O)c1ccc(F)cc1S(=O)(=O)N1CC=C(C)CC1. The predicted octanol–water partition coefficient (Wildman–Crippen LogP) is 1.95. The molecule has 0 radical (unpaired) electrons. The summed E-state index contributed by atoms with van der Waals surface area (Å²) in [6.07, 6.45) is 2.42. The summed E-state index contributed by atoms with van der Waals surface area (Å²) in [5, 5.41) is 0. The van der Waals surface area contributed by atoms with Crippen LogP contribution in [0.1, 0.15) is 23.7 Å². The molecular weight excluding hydrogens is 297 g/mol. The van der Waals surface area contributed by atoms with Crippen molar-refractivity contribution < 1.29 is 22.3 Å². The molecular formula is C14H16FNO4S. The highest BCUT2D eigenvalue weighted by molar-refractivity contribution is 7.89. The van der Waals surface area contributed by atoms with Gasteiger partial charge in [-0.3, -0.25) is 0 Å². The fourth-order valence-electron chi connectivity index (χ4n) is 2.10. The van der Waals surface area contributed by atoms with E-state index in [-0.39, 0.29) is 17.0 Å². The van der Waals surface area contributed by atoms with Crippen LogP contribution >= 0.6 is 0 Å². The molecule has 114 valence electrons. The van der Waals surface area contributed by atoms with Crippen molar-refractivity contribution in [2.24, 2.45) is 0 Å². The number of rotatable bonds is 3. The second-order valence-corrected chi connectivity index (χ2v) is 6.70. The third-order valence-electron chi connectivity index (χ3n) is 3.37. The van der Waals surface area contributed by atoms with Crippen molar-refractivity contribution in [3.63, 3.8) is 0 Å². The molecule has 0 aliphatic carbocycles. The second-order valence-electron chi connectivity index (χ2n) is 4.80. The average Bonchev–Trinajstić information content (AvgIpc) is 2.47. The van der Waals surface area contributed by atoms with E-state index in [4.69, 9.17) is 0 Å². The summed E-state index contributed by atoms with van der Waals surface area (Å²) in [6, 6.07) is 3.01. The minimum absolute atomic E-state index is 0.162. The first-order valence-electron chi connectivity index (χ1n) is 6.40. The summed E-state index contributed by atoms with van der Waals surface area (Å²) in [5.74, 6) is -1.53. The molecule has 1 aliphatic heterocycles. The fourth-order valence-corrected chi connectivity index (χ4v) is 3.67. The van der Waals surface area contributed by atoms with Crippen LogP contribution in [0.25, 0.3) is 0 Å². The zero-order valence-electron chi connectivity index (χ0n) is 11.8. The molecule has 1 aromatic carbocycles. The minimum atomic E-state index is -3.95. The van der Waals surface area contributed by atoms with Crippen molar-refractivity contribution in [3.05, 3.63) is 41.2 Å². The van der Waals surface area contributed by atoms with Gasteiger partial charge in [0.2, 0.25) is 10.0 Å². The number of hydrogen-bond donors (Lipinski definition) is 0. The molecule has 0 saturated heterocycles. The van der Waals surface area contributed by atoms with Crippen LogP contribution in [-0.2, 0) is 14.8 Å². The molecule has 0 N–H and O–H groups in total. The quantitative estimate of drug-likeness (QED) is 0.632. The number of carbonyl (C=O) groups excluding carboxylic acids is 1. The maximum Gasteiger partial charge on any atom is 0.339 e. The molecule has 0 amide bonds. The molecule has 0 unspecified atom stereocenters. The first kappa shape index (κ1) is 15.7. The van der Waals surface area contributed by atoms with E-state index in [0.717, 1.165) is 30.9 Å². The summed E-state index contributed by atoms with van der Waals surface area (Å²) in [5.41, 5.74) is 0.944. The Morgan fingerprint density at radius 1 is 1.38 bits per heavy atom. The molecule has 0 aromatic heterocycles. The number of nitrogens with zero attached hydrogens (tertiary/aromatic N) is 1. The van der Waals surface area contributed by atoms with E-state index in [0.29, 0.717) is 13.0 Å². The number of ether oxygens (including phenoxy) is 1. The van der Waals surface area contributed by atoms with Crippen molar-refractivity contribution in [2.45, 2.75) is 18.2 Å². The Balaban J connectivity index is 2.49. The van der Waals surface area contributed by atoms with Crippen molar-refractivity contribution in [3.8, 4) is 0 Å². The zero-order chi connectivity index (χ0) is 15.6. The first-order chi connectivity index (χ1) is 9.86. The zero-order valence-corrected chi connectivity index (χ0v) is 12.6. The van der Waals surface area contributed by atoms with Crippen LogP contribution in [0.5, 0.6) is 0 Å². The Kier molecular flexibility index (Phi) is 4.43. The first-order valence-corrected chi connectivity index (χ1v) is 7.84. The molecule has 0 atom stereocenters. The highest BCUT2D eigenvalue weighted by Crippen LogP contribution is 2.24. The summed E-state index contributed by atoms with van der Waals surface area (Å²) in [6.45, 7) is 2.44. The largest absolute Gasteiger partial charge is 0.465 e. The lowest BCUT2D eigenvalue weighted by Gasteiger charge is -2.25. The van der Waals surface area contributed by atoms with Gasteiger partial charge in [0, 0.05) is 13.1 Å². The van der Waals surface area contributed by atoms with Gasteiger partial charge in [-0.05, 0) is 31.5 Å². The van der Waals surface area contributed by atoms with E-state index in [1.54, 1.807) is 6.08 Å². The lowest BCUT2D eigenvalue weighted by Crippen LogP contribution is -2.35. The lowest BCUT2D eigenvalue weighted by atomic mass is 10.1. The smallest absolute Gasteiger partial charge is 0.339 e. The standard InChI is InChI=1S/C14H16FNO4S/c1-10-5-7-16(8-6-10)21(18,19)13-9-11(15)3-4-12(13)14(17)20-2/h3-5,9H,6-8H2,1-2H3. The van der Waals surface area contributed by atoms with Crippen molar-refractivity contribution in [2.75, 3.05) is 20.2 Å². The Morgan fingerprint density at radius 3 is 2.67 bits per heavy atom. The van der Waals surface area contributed by atoms with Crippen LogP contribution in [0.15, 0.2) is 34.7 Å². The number of methoxy groups -OCH3 is 1. The molecule has 2 rings (SSSR count). The third kappa shape index (κ3) is 3.14. The van der Waals surface area contributed by atoms with Gasteiger partial charge >= 0.3 is 5.97 Å². The Hall–Kier alpha value is -1.73. The monoisotopic (exact) mass is 313 g/mol. The van der Waals surface area contributed by atoms with Crippen molar-refractivity contribution in [1.29, 1.82) is 0 Å². The highest BCUT2D eigenvalue weighted by Gasteiger charge is 2.30. The topological polar surface area (TPSA) is 63.7 Å². The highest BCUT2D eigenvalue weighted by atomic mass is 32.2. The van der Waals surface area contributed by atoms with Crippen LogP contribution in [0.2, 0.25) is 0 Å². The number of halogens is 1. The van der Waals surface area contributed by atoms with Gasteiger partial charge in [-0.15, -0.1) is 0 Å². The van der Waals surface area contributed by atoms with Gasteiger partial charge in [0.25, 0.3) is 0 Å². The molecule has 0 bridgehead atoms. The molecule has 0 spiro atoms. The minimum Gasteiger partial charge on any atom is -0.465 e. The van der Waals surface area contributed by atoms with Gasteiger partial charge in [-0.25, -0.2) is 17.6 Å². The third-order valence-corrected chi connectivity index (χ3v) is 5.27. The van der Waals surface area contributed by atoms with E-state index in [1.807, 2.05) is 6.92 Å². The molecule has 1 heterocycles. The van der Waals surface area contributed by atoms with Crippen LogP contribution in [0, 0.1) is 5.82 Å². The molecule has 0 saturated carbocycles. The van der Waals surface area contributed by atoms with E-state index in [1.165, 1.54) is 4.31 Å². The average molecular weight is 313 g/mol. The van der Waals surface area contributed by atoms with E-state index in [9.17, 15) is 17.6 Å². The van der Waals surface area contributed by atoms with Gasteiger partial charge in [0.15, 0.2) is 0 Å². The van der Waals surface area contributed by atoms with Crippen molar-refractivity contribution in [1.82, 2.24) is 4.31 Å². The molecule has 1 aromatic rings. The number of carbonyl (C=O) groups is 1. The van der Waals surface area contributed by atoms with Gasteiger partial charge in [-0.2, -0.15) is 4.31 Å². The Labute approximate surface area is 123 Å². The lowest BCUT2D eigenvalue weighted by molar-refractivity contribution is 0.0596. The van der Waals surface area contributed by atoms with Gasteiger partial charge in [-0.1, -0.05) is 11.6 Å². The number of sulfonamides is 1. The summed E-state index contributed by atoms with van der Waals surface area (Å²) < 4.78 is 44.4. The molecule has 5 nitrogen and oxygen atoms in total. The van der Waals surface area contributed by atoms with Gasteiger partial charge in [0.05, 0.1) is 17.6 Å². The predicted molar refractivity (Wildman–Crippen MR) is 74.9 cm³/mol. The maximum atomic E-state index is 13.4. The molecule has 1 aliphatic rings. The van der Waals surface area contributed by atoms with E-state index < -0.39 is 21.8 Å². The number of hydrogen-bond acceptors (Lipinski definition) is 4. The van der Waals surface area contributed by atoms with Gasteiger partial charge in [0.1, 0.15) is 5.82 Å². The normalized spacial score (nSPS) is 16.4. The Morgan fingerprint density at radius 2 is 2.10 bits per heavy atom.